The van der Waals surface area contributed by atoms with Crippen LogP contribution in [-0.4, -0.2) is 11.0 Å². The van der Waals surface area contributed by atoms with Gasteiger partial charge < -0.3 is 10.5 Å². The van der Waals surface area contributed by atoms with Gasteiger partial charge in [-0.15, -0.1) is 0 Å². The van der Waals surface area contributed by atoms with Crippen molar-refractivity contribution in [3.63, 3.8) is 0 Å². The van der Waals surface area contributed by atoms with Gasteiger partial charge >= 0.3 is 0 Å². The van der Waals surface area contributed by atoms with Crippen molar-refractivity contribution in [2.75, 3.05) is 5.32 Å². The molecule has 22 heavy (non-hydrogen) atoms. The Kier molecular flexibility index (Phi) is 5.75. The van der Waals surface area contributed by atoms with E-state index in [-0.39, 0.29) is 0 Å². The van der Waals surface area contributed by atoms with Crippen LogP contribution in [-0.2, 0) is 0 Å². The molecule has 0 heterocycles. The number of nitrogens with zero attached hydrogens (tertiary/aromatic N) is 1. The minimum atomic E-state index is -0.917. The Morgan fingerprint density at radius 3 is 2.45 bits per heavy atom. The van der Waals surface area contributed by atoms with Crippen molar-refractivity contribution < 1.29 is 14.0 Å². The zero-order valence-electron chi connectivity index (χ0n) is 13.1. The number of hydrogen-bond donors (Lipinski definition) is 2. The molecule has 1 fully saturated rings. The molecule has 1 aliphatic rings. The van der Waals surface area contributed by atoms with Gasteiger partial charge in [0.05, 0.1) is 0 Å². The van der Waals surface area contributed by atoms with Crippen molar-refractivity contribution >= 4 is 11.5 Å². The van der Waals surface area contributed by atoms with E-state index in [4.69, 9.17) is 5.21 Å². The molecular weight excluding hydrogens is 286 g/mol. The summed E-state index contributed by atoms with van der Waals surface area (Å²) < 4.78 is 26.1. The molecule has 0 aromatic heterocycles. The van der Waals surface area contributed by atoms with E-state index in [1.54, 1.807) is 0 Å². The summed E-state index contributed by atoms with van der Waals surface area (Å²) in [6.07, 6.45) is 5.25. The van der Waals surface area contributed by atoms with Crippen LogP contribution >= 0.6 is 0 Å². The molecule has 2 rings (SSSR count). The molecule has 122 valence electrons. The maximum Gasteiger partial charge on any atom is 0.160 e. The quantitative estimate of drug-likeness (QED) is 0.355. The van der Waals surface area contributed by atoms with Gasteiger partial charge in [-0.2, -0.15) is 0 Å². The molecule has 0 atom stereocenters. The van der Waals surface area contributed by atoms with Crippen LogP contribution in [0.25, 0.3) is 0 Å². The Balaban J connectivity index is 1.89. The maximum absolute atomic E-state index is 13.2. The van der Waals surface area contributed by atoms with E-state index in [2.05, 4.69) is 24.3 Å². The minimum Gasteiger partial charge on any atom is -0.409 e. The van der Waals surface area contributed by atoms with Gasteiger partial charge in [0.25, 0.3) is 0 Å². The first-order valence-electron chi connectivity index (χ1n) is 7.92. The fourth-order valence-corrected chi connectivity index (χ4v) is 3.19. The van der Waals surface area contributed by atoms with Gasteiger partial charge in [-0.05, 0) is 55.6 Å². The smallest absolute Gasteiger partial charge is 0.160 e. The first-order valence-corrected chi connectivity index (χ1v) is 7.92. The molecule has 2 N–H and O–H groups in total. The number of rotatable bonds is 4. The van der Waals surface area contributed by atoms with Gasteiger partial charge in [-0.25, -0.2) is 8.78 Å². The number of amidine groups is 1. The summed E-state index contributed by atoms with van der Waals surface area (Å²) in [5.74, 6) is 0.564. The number of nitrogens with one attached hydrogen (secondary N) is 1. The van der Waals surface area contributed by atoms with Crippen LogP contribution in [0.3, 0.4) is 0 Å². The SMILES string of the molecule is CC(C)C1CCC(C/C(=N/O)Nc2ccc(F)c(F)c2)CC1. The van der Waals surface area contributed by atoms with E-state index < -0.39 is 11.6 Å². The first-order chi connectivity index (χ1) is 10.5. The standard InChI is InChI=1S/C17H24F2N2O/c1-11(2)13-5-3-12(4-6-13)9-17(21-22)20-14-7-8-15(18)16(19)10-14/h7-8,10-13,22H,3-6,9H2,1-2H3,(H,20,21). The molecule has 0 amide bonds. The van der Waals surface area contributed by atoms with Gasteiger partial charge in [0, 0.05) is 18.2 Å². The molecule has 5 heteroatoms. The van der Waals surface area contributed by atoms with Gasteiger partial charge in [0.1, 0.15) is 5.84 Å². The molecule has 0 spiro atoms. The fourth-order valence-electron chi connectivity index (χ4n) is 3.19. The van der Waals surface area contributed by atoms with Crippen molar-refractivity contribution in [2.45, 2.75) is 46.0 Å². The van der Waals surface area contributed by atoms with Crippen LogP contribution < -0.4 is 5.32 Å². The van der Waals surface area contributed by atoms with E-state index in [1.807, 2.05) is 0 Å². The third-order valence-corrected chi connectivity index (χ3v) is 4.65. The number of oxime groups is 1. The molecule has 0 aliphatic heterocycles. The summed E-state index contributed by atoms with van der Waals surface area (Å²) in [6.45, 7) is 4.52. The van der Waals surface area contributed by atoms with Gasteiger partial charge in [-0.1, -0.05) is 19.0 Å². The summed E-state index contributed by atoms with van der Waals surface area (Å²) >= 11 is 0. The summed E-state index contributed by atoms with van der Waals surface area (Å²) in [4.78, 5) is 0. The number of halogens is 2. The Morgan fingerprint density at radius 1 is 1.23 bits per heavy atom. The second-order valence-electron chi connectivity index (χ2n) is 6.53. The van der Waals surface area contributed by atoms with Crippen LogP contribution in [0.5, 0.6) is 0 Å². The predicted molar refractivity (Wildman–Crippen MR) is 84.1 cm³/mol. The molecule has 1 saturated carbocycles. The highest BCUT2D eigenvalue weighted by Gasteiger charge is 2.24. The van der Waals surface area contributed by atoms with Gasteiger partial charge in [-0.3, -0.25) is 0 Å². The second kappa shape index (κ2) is 7.56. The lowest BCUT2D eigenvalue weighted by Gasteiger charge is -2.31. The van der Waals surface area contributed by atoms with E-state index >= 15 is 0 Å². The Morgan fingerprint density at radius 2 is 1.91 bits per heavy atom. The average Bonchev–Trinajstić information content (AvgIpc) is 2.50. The van der Waals surface area contributed by atoms with E-state index in [0.717, 1.165) is 30.9 Å². The van der Waals surface area contributed by atoms with Crippen LogP contribution in [0.15, 0.2) is 23.4 Å². The van der Waals surface area contributed by atoms with E-state index in [9.17, 15) is 8.78 Å². The monoisotopic (exact) mass is 310 g/mol. The van der Waals surface area contributed by atoms with E-state index in [1.165, 1.54) is 18.9 Å². The lowest BCUT2D eigenvalue weighted by Crippen LogP contribution is -2.23. The third-order valence-electron chi connectivity index (χ3n) is 4.65. The molecule has 3 nitrogen and oxygen atoms in total. The predicted octanol–water partition coefficient (Wildman–Crippen LogP) is 5.02. The first kappa shape index (κ1) is 16.7. The fraction of sp³-hybridized carbons (Fsp3) is 0.588. The highest BCUT2D eigenvalue weighted by molar-refractivity contribution is 5.95. The third kappa shape index (κ3) is 4.42. The summed E-state index contributed by atoms with van der Waals surface area (Å²) in [5.41, 5.74) is 0.391. The number of hydrogen-bond acceptors (Lipinski definition) is 2. The normalized spacial score (nSPS) is 22.9. The topological polar surface area (TPSA) is 44.6 Å². The molecule has 0 bridgehead atoms. The summed E-state index contributed by atoms with van der Waals surface area (Å²) in [5, 5.41) is 15.3. The lowest BCUT2D eigenvalue weighted by molar-refractivity contribution is 0.226. The van der Waals surface area contributed by atoms with Crippen molar-refractivity contribution in [3.8, 4) is 0 Å². The molecule has 1 aromatic rings. The van der Waals surface area contributed by atoms with Gasteiger partial charge in [0.2, 0.25) is 0 Å². The van der Waals surface area contributed by atoms with Crippen molar-refractivity contribution in [1.82, 2.24) is 0 Å². The number of anilines is 1. The lowest BCUT2D eigenvalue weighted by atomic mass is 9.76. The molecule has 0 unspecified atom stereocenters. The van der Waals surface area contributed by atoms with Crippen molar-refractivity contribution in [3.05, 3.63) is 29.8 Å². The zero-order valence-corrected chi connectivity index (χ0v) is 13.1. The van der Waals surface area contributed by atoms with Crippen molar-refractivity contribution in [2.24, 2.45) is 22.9 Å². The highest BCUT2D eigenvalue weighted by atomic mass is 19.2. The van der Waals surface area contributed by atoms with Crippen LogP contribution in [0.2, 0.25) is 0 Å². The van der Waals surface area contributed by atoms with Crippen LogP contribution in [0, 0.1) is 29.4 Å². The summed E-state index contributed by atoms with van der Waals surface area (Å²) in [7, 11) is 0. The molecule has 1 aromatic carbocycles. The Labute approximate surface area is 130 Å². The Hall–Kier alpha value is -1.65. The number of benzene rings is 1. The van der Waals surface area contributed by atoms with E-state index in [0.29, 0.717) is 29.8 Å². The molecule has 0 saturated heterocycles. The van der Waals surface area contributed by atoms with Crippen molar-refractivity contribution in [1.29, 1.82) is 0 Å². The van der Waals surface area contributed by atoms with Crippen LogP contribution in [0.1, 0.15) is 46.0 Å². The largest absolute Gasteiger partial charge is 0.409 e. The molecular formula is C17H24F2N2O. The molecule has 0 radical (unpaired) electrons. The van der Waals surface area contributed by atoms with Crippen LogP contribution in [0.4, 0.5) is 14.5 Å². The minimum absolute atomic E-state index is 0.391. The molecule has 1 aliphatic carbocycles. The average molecular weight is 310 g/mol. The summed E-state index contributed by atoms with van der Waals surface area (Å²) in [6, 6.07) is 3.55. The zero-order chi connectivity index (χ0) is 16.1. The Bertz CT molecular complexity index is 523. The second-order valence-corrected chi connectivity index (χ2v) is 6.53. The maximum atomic E-state index is 13.2. The van der Waals surface area contributed by atoms with Gasteiger partial charge in [0.15, 0.2) is 11.6 Å². The highest BCUT2D eigenvalue weighted by Crippen LogP contribution is 2.35.